The van der Waals surface area contributed by atoms with Gasteiger partial charge in [0.15, 0.2) is 0 Å². The first kappa shape index (κ1) is 13.6. The minimum Gasteiger partial charge on any atom is -0.207 e. The predicted octanol–water partition coefficient (Wildman–Crippen LogP) is 4.66. The van der Waals surface area contributed by atoms with Crippen LogP contribution < -0.4 is 0 Å². The molecule has 0 aliphatic heterocycles. The molecule has 3 heteroatoms. The summed E-state index contributed by atoms with van der Waals surface area (Å²) >= 11 is 0. The van der Waals surface area contributed by atoms with Gasteiger partial charge in [-0.3, -0.25) is 0 Å². The summed E-state index contributed by atoms with van der Waals surface area (Å²) in [6.45, 7) is 14.5. The molecule has 1 aromatic rings. The molecule has 0 bridgehead atoms. The summed E-state index contributed by atoms with van der Waals surface area (Å²) in [7, 11) is -2.48. The summed E-state index contributed by atoms with van der Waals surface area (Å²) in [6.07, 6.45) is 0. The second-order valence-electron chi connectivity index (χ2n) is 6.72. The standard InChI is InChI=1S/C13H23FSi2/c1-15(2,3)13(16(4,5)6)11-7-9-12(14)10-8-11/h7-10,13H,1-6H3. The molecule has 0 radical (unpaired) electrons. The highest BCUT2D eigenvalue weighted by molar-refractivity contribution is 6.96. The molecule has 0 N–H and O–H groups in total. The van der Waals surface area contributed by atoms with Crippen molar-refractivity contribution in [2.24, 2.45) is 0 Å². The van der Waals surface area contributed by atoms with Gasteiger partial charge >= 0.3 is 0 Å². The first-order chi connectivity index (χ1) is 7.12. The fraction of sp³-hybridized carbons (Fsp3) is 0.538. The minimum atomic E-state index is -1.24. The Labute approximate surface area is 101 Å². The van der Waals surface area contributed by atoms with Crippen LogP contribution in [0.4, 0.5) is 4.39 Å². The van der Waals surface area contributed by atoms with Crippen molar-refractivity contribution in [2.75, 3.05) is 0 Å². The Morgan fingerprint density at radius 2 is 1.19 bits per heavy atom. The molecule has 0 aliphatic carbocycles. The van der Waals surface area contributed by atoms with Crippen molar-refractivity contribution in [3.05, 3.63) is 35.6 Å². The van der Waals surface area contributed by atoms with Gasteiger partial charge in [-0.15, -0.1) is 0 Å². The third-order valence-electron chi connectivity index (χ3n) is 2.94. The highest BCUT2D eigenvalue weighted by atomic mass is 28.4. The highest BCUT2D eigenvalue weighted by Crippen LogP contribution is 2.35. The van der Waals surface area contributed by atoms with E-state index in [1.54, 1.807) is 12.1 Å². The van der Waals surface area contributed by atoms with Crippen LogP contribution in [0.1, 0.15) is 10.7 Å². The lowest BCUT2D eigenvalue weighted by atomic mass is 10.2. The van der Waals surface area contributed by atoms with Gasteiger partial charge in [-0.2, -0.15) is 0 Å². The maximum atomic E-state index is 13.0. The second kappa shape index (κ2) is 4.45. The molecule has 0 atom stereocenters. The Morgan fingerprint density at radius 3 is 1.50 bits per heavy atom. The molecule has 0 amide bonds. The zero-order valence-corrected chi connectivity index (χ0v) is 13.3. The zero-order valence-electron chi connectivity index (χ0n) is 11.3. The summed E-state index contributed by atoms with van der Waals surface area (Å²) in [4.78, 5) is 0. The van der Waals surface area contributed by atoms with Gasteiger partial charge in [0.05, 0.1) is 0 Å². The van der Waals surface area contributed by atoms with E-state index in [0.29, 0.717) is 5.16 Å². The van der Waals surface area contributed by atoms with Gasteiger partial charge in [-0.1, -0.05) is 57.0 Å². The predicted molar refractivity (Wildman–Crippen MR) is 75.8 cm³/mol. The summed E-state index contributed by atoms with van der Waals surface area (Å²) in [5.74, 6) is -0.131. The Hall–Kier alpha value is -0.416. The Morgan fingerprint density at radius 1 is 0.812 bits per heavy atom. The van der Waals surface area contributed by atoms with Crippen LogP contribution in [-0.4, -0.2) is 16.1 Å². The van der Waals surface area contributed by atoms with Crippen LogP contribution in [-0.2, 0) is 0 Å². The van der Waals surface area contributed by atoms with Gasteiger partial charge in [-0.05, 0) is 17.3 Å². The lowest BCUT2D eigenvalue weighted by Crippen LogP contribution is -2.46. The third kappa shape index (κ3) is 3.29. The molecule has 0 fully saturated rings. The van der Waals surface area contributed by atoms with Gasteiger partial charge in [-0.25, -0.2) is 4.39 Å². The molecular weight excluding hydrogens is 231 g/mol. The fourth-order valence-corrected chi connectivity index (χ4v) is 15.7. The zero-order chi connectivity index (χ0) is 12.6. The molecule has 0 aromatic heterocycles. The maximum absolute atomic E-state index is 13.0. The first-order valence-corrected chi connectivity index (χ1v) is 13.0. The number of rotatable bonds is 3. The summed E-state index contributed by atoms with van der Waals surface area (Å²) in [6, 6.07) is 7.16. The van der Waals surface area contributed by atoms with Crippen molar-refractivity contribution in [3.8, 4) is 0 Å². The number of benzene rings is 1. The molecule has 0 saturated carbocycles. The Bertz CT molecular complexity index is 330. The van der Waals surface area contributed by atoms with Crippen LogP contribution in [0, 0.1) is 5.82 Å². The minimum absolute atomic E-state index is 0.131. The van der Waals surface area contributed by atoms with Crippen LogP contribution in [0.25, 0.3) is 0 Å². The number of hydrogen-bond acceptors (Lipinski definition) is 0. The highest BCUT2D eigenvalue weighted by Gasteiger charge is 2.38. The molecule has 0 nitrogen and oxygen atoms in total. The summed E-state index contributed by atoms with van der Waals surface area (Å²) in [5.41, 5.74) is 1.35. The van der Waals surface area contributed by atoms with E-state index < -0.39 is 16.1 Å². The molecule has 1 rings (SSSR count). The molecule has 0 spiro atoms. The van der Waals surface area contributed by atoms with Crippen LogP contribution in [0.2, 0.25) is 39.3 Å². The summed E-state index contributed by atoms with van der Waals surface area (Å²) < 4.78 is 13.0. The van der Waals surface area contributed by atoms with E-state index in [2.05, 4.69) is 39.3 Å². The van der Waals surface area contributed by atoms with Crippen molar-refractivity contribution in [1.82, 2.24) is 0 Å². The van der Waals surface area contributed by atoms with Gasteiger partial charge in [0.1, 0.15) is 5.82 Å². The van der Waals surface area contributed by atoms with Crippen LogP contribution in [0.3, 0.4) is 0 Å². The maximum Gasteiger partial charge on any atom is 0.123 e. The Balaban J connectivity index is 3.18. The second-order valence-corrected chi connectivity index (χ2v) is 17.9. The van der Waals surface area contributed by atoms with Gasteiger partial charge in [0.2, 0.25) is 0 Å². The molecule has 0 aliphatic rings. The van der Waals surface area contributed by atoms with Crippen LogP contribution >= 0.6 is 0 Å². The van der Waals surface area contributed by atoms with Crippen molar-refractivity contribution in [3.63, 3.8) is 0 Å². The first-order valence-electron chi connectivity index (χ1n) is 5.88. The van der Waals surface area contributed by atoms with Crippen molar-refractivity contribution in [2.45, 2.75) is 44.4 Å². The largest absolute Gasteiger partial charge is 0.207 e. The number of hydrogen-bond donors (Lipinski definition) is 0. The van der Waals surface area contributed by atoms with Crippen molar-refractivity contribution >= 4 is 16.1 Å². The molecule has 16 heavy (non-hydrogen) atoms. The molecule has 0 heterocycles. The van der Waals surface area contributed by atoms with E-state index in [9.17, 15) is 4.39 Å². The monoisotopic (exact) mass is 254 g/mol. The third-order valence-corrected chi connectivity index (χ3v) is 12.3. The normalized spacial score (nSPS) is 13.2. The Kier molecular flexibility index (Phi) is 3.80. The lowest BCUT2D eigenvalue weighted by Gasteiger charge is -2.38. The molecular formula is C13H23FSi2. The van der Waals surface area contributed by atoms with Crippen LogP contribution in [0.15, 0.2) is 24.3 Å². The van der Waals surface area contributed by atoms with Crippen molar-refractivity contribution < 1.29 is 4.39 Å². The number of halogens is 1. The fourth-order valence-electron chi connectivity index (χ4n) is 2.95. The van der Waals surface area contributed by atoms with Crippen molar-refractivity contribution in [1.29, 1.82) is 0 Å². The smallest absolute Gasteiger partial charge is 0.123 e. The molecule has 90 valence electrons. The lowest BCUT2D eigenvalue weighted by molar-refractivity contribution is 0.627. The molecule has 0 saturated heterocycles. The average molecular weight is 254 g/mol. The van der Waals surface area contributed by atoms with E-state index in [0.717, 1.165) is 0 Å². The average Bonchev–Trinajstić information content (AvgIpc) is 2.03. The topological polar surface area (TPSA) is 0 Å². The van der Waals surface area contributed by atoms with Gasteiger partial charge < -0.3 is 0 Å². The quantitative estimate of drug-likeness (QED) is 0.688. The summed E-state index contributed by atoms with van der Waals surface area (Å²) in [5, 5.41) is 0.695. The van der Waals surface area contributed by atoms with E-state index in [1.165, 1.54) is 5.56 Å². The van der Waals surface area contributed by atoms with E-state index in [-0.39, 0.29) is 5.82 Å². The van der Waals surface area contributed by atoms with E-state index in [4.69, 9.17) is 0 Å². The SMILES string of the molecule is C[Si](C)(C)C(c1ccc(F)cc1)[Si](C)(C)C. The molecule has 0 unspecified atom stereocenters. The molecule has 1 aromatic carbocycles. The van der Waals surface area contributed by atoms with E-state index in [1.807, 2.05) is 12.1 Å². The van der Waals surface area contributed by atoms with E-state index >= 15 is 0 Å². The van der Waals surface area contributed by atoms with Gasteiger partial charge in [0, 0.05) is 16.1 Å². The van der Waals surface area contributed by atoms with Crippen LogP contribution in [0.5, 0.6) is 0 Å². The van der Waals surface area contributed by atoms with Gasteiger partial charge in [0.25, 0.3) is 0 Å².